The zero-order valence-electron chi connectivity index (χ0n) is 13.2. The van der Waals surface area contributed by atoms with Gasteiger partial charge in [-0.3, -0.25) is 0 Å². The lowest BCUT2D eigenvalue weighted by Gasteiger charge is -2.07. The largest absolute Gasteiger partial charge is 0.490 e. The molecule has 5 nitrogen and oxygen atoms in total. The fourth-order valence-corrected chi connectivity index (χ4v) is 2.58. The molecule has 0 saturated carbocycles. The number of hydrogen-bond donors (Lipinski definition) is 0. The SMILES string of the molecule is O=C1OC(c2cccc(F)c2)=N/C1=C/c1ccc2c(c1)OCCCO2. The van der Waals surface area contributed by atoms with Crippen LogP contribution in [0.25, 0.3) is 6.08 Å². The van der Waals surface area contributed by atoms with Gasteiger partial charge in [0, 0.05) is 12.0 Å². The number of carbonyl (C=O) groups is 1. The number of esters is 1. The molecule has 0 fully saturated rings. The lowest BCUT2D eigenvalue weighted by Crippen LogP contribution is -2.05. The van der Waals surface area contributed by atoms with Crippen molar-refractivity contribution in [3.63, 3.8) is 0 Å². The minimum absolute atomic E-state index is 0.0880. The van der Waals surface area contributed by atoms with Gasteiger partial charge in [-0.15, -0.1) is 0 Å². The van der Waals surface area contributed by atoms with Gasteiger partial charge in [0.25, 0.3) is 0 Å². The topological polar surface area (TPSA) is 57.1 Å². The molecule has 0 saturated heterocycles. The summed E-state index contributed by atoms with van der Waals surface area (Å²) in [4.78, 5) is 16.2. The van der Waals surface area contributed by atoms with Crippen LogP contribution in [-0.4, -0.2) is 25.1 Å². The van der Waals surface area contributed by atoms with Gasteiger partial charge in [-0.1, -0.05) is 12.1 Å². The number of benzene rings is 2. The Hall–Kier alpha value is -3.15. The first-order valence-corrected chi connectivity index (χ1v) is 7.87. The number of aliphatic imine (C=N–C) groups is 1. The minimum atomic E-state index is -0.577. The summed E-state index contributed by atoms with van der Waals surface area (Å²) in [6, 6.07) is 11.1. The molecule has 0 bridgehead atoms. The van der Waals surface area contributed by atoms with Crippen molar-refractivity contribution in [2.24, 2.45) is 4.99 Å². The zero-order valence-corrected chi connectivity index (χ0v) is 13.2. The molecule has 0 unspecified atom stereocenters. The summed E-state index contributed by atoms with van der Waals surface area (Å²) in [6.07, 6.45) is 2.42. The molecule has 2 heterocycles. The molecule has 2 aliphatic rings. The summed E-state index contributed by atoms with van der Waals surface area (Å²) in [5, 5.41) is 0. The Labute approximate surface area is 143 Å². The maximum Gasteiger partial charge on any atom is 0.363 e. The molecule has 4 rings (SSSR count). The van der Waals surface area contributed by atoms with Crippen LogP contribution in [0.1, 0.15) is 17.5 Å². The molecule has 0 amide bonds. The number of halogens is 1. The van der Waals surface area contributed by atoms with Gasteiger partial charge in [0.05, 0.1) is 13.2 Å². The molecule has 6 heteroatoms. The van der Waals surface area contributed by atoms with E-state index in [0.29, 0.717) is 30.3 Å². The van der Waals surface area contributed by atoms with Crippen molar-refractivity contribution in [1.29, 1.82) is 0 Å². The van der Waals surface area contributed by atoms with E-state index < -0.39 is 11.8 Å². The molecular weight excluding hydrogens is 325 g/mol. The van der Waals surface area contributed by atoms with Crippen molar-refractivity contribution >= 4 is 17.9 Å². The van der Waals surface area contributed by atoms with E-state index in [2.05, 4.69) is 4.99 Å². The minimum Gasteiger partial charge on any atom is -0.490 e. The Morgan fingerprint density at radius 3 is 2.72 bits per heavy atom. The Morgan fingerprint density at radius 1 is 1.04 bits per heavy atom. The second-order valence-corrected chi connectivity index (χ2v) is 5.60. The second kappa shape index (κ2) is 6.39. The first-order valence-electron chi connectivity index (χ1n) is 7.87. The first-order chi connectivity index (χ1) is 12.2. The molecule has 2 aliphatic heterocycles. The van der Waals surface area contributed by atoms with E-state index in [9.17, 15) is 9.18 Å². The molecule has 126 valence electrons. The standard InChI is InChI=1S/C19H14FNO4/c20-14-4-1-3-13(11-14)18-21-15(19(22)25-18)9-12-5-6-16-17(10-12)24-8-2-7-23-16/h1,3-6,9-11H,2,7-8H2/b15-9+. The molecule has 0 N–H and O–H groups in total. The van der Waals surface area contributed by atoms with Crippen molar-refractivity contribution < 1.29 is 23.4 Å². The number of carbonyl (C=O) groups excluding carboxylic acids is 1. The lowest BCUT2D eigenvalue weighted by atomic mass is 10.1. The van der Waals surface area contributed by atoms with Gasteiger partial charge in [0.2, 0.25) is 5.90 Å². The van der Waals surface area contributed by atoms with E-state index in [1.165, 1.54) is 18.2 Å². The van der Waals surface area contributed by atoms with E-state index in [0.717, 1.165) is 12.0 Å². The summed E-state index contributed by atoms with van der Waals surface area (Å²) in [7, 11) is 0. The van der Waals surface area contributed by atoms with Crippen LogP contribution >= 0.6 is 0 Å². The van der Waals surface area contributed by atoms with Crippen molar-refractivity contribution in [2.45, 2.75) is 6.42 Å². The summed E-state index contributed by atoms with van der Waals surface area (Å²) in [6.45, 7) is 1.19. The van der Waals surface area contributed by atoms with Crippen LogP contribution in [0.4, 0.5) is 4.39 Å². The van der Waals surface area contributed by atoms with Gasteiger partial charge in [-0.2, -0.15) is 0 Å². The highest BCUT2D eigenvalue weighted by Crippen LogP contribution is 2.31. The van der Waals surface area contributed by atoms with Gasteiger partial charge in [0.15, 0.2) is 17.2 Å². The molecule has 25 heavy (non-hydrogen) atoms. The number of cyclic esters (lactones) is 1. The second-order valence-electron chi connectivity index (χ2n) is 5.60. The summed E-state index contributed by atoms with van der Waals surface area (Å²) in [5.74, 6) is 0.401. The quantitative estimate of drug-likeness (QED) is 0.622. The highest BCUT2D eigenvalue weighted by Gasteiger charge is 2.24. The fourth-order valence-electron chi connectivity index (χ4n) is 2.58. The highest BCUT2D eigenvalue weighted by molar-refractivity contribution is 6.12. The van der Waals surface area contributed by atoms with Gasteiger partial charge in [-0.25, -0.2) is 14.2 Å². The van der Waals surface area contributed by atoms with Crippen LogP contribution in [0, 0.1) is 5.82 Å². The van der Waals surface area contributed by atoms with Crippen LogP contribution in [0.2, 0.25) is 0 Å². The Bertz CT molecular complexity index is 904. The third-order valence-electron chi connectivity index (χ3n) is 3.77. The molecule has 0 aliphatic carbocycles. The maximum atomic E-state index is 13.3. The number of hydrogen-bond acceptors (Lipinski definition) is 5. The molecule has 2 aromatic carbocycles. The van der Waals surface area contributed by atoms with Crippen LogP contribution in [0.5, 0.6) is 11.5 Å². The molecule has 0 aromatic heterocycles. The number of ether oxygens (including phenoxy) is 3. The van der Waals surface area contributed by atoms with Gasteiger partial charge < -0.3 is 14.2 Å². The predicted molar refractivity (Wildman–Crippen MR) is 89.1 cm³/mol. The first kappa shape index (κ1) is 15.4. The van der Waals surface area contributed by atoms with E-state index in [-0.39, 0.29) is 11.6 Å². The average Bonchev–Trinajstić information content (AvgIpc) is 2.82. The Kier molecular flexibility index (Phi) is 3.93. The molecule has 0 radical (unpaired) electrons. The molecule has 0 spiro atoms. The van der Waals surface area contributed by atoms with E-state index in [1.807, 2.05) is 6.07 Å². The van der Waals surface area contributed by atoms with Crippen LogP contribution in [0.15, 0.2) is 53.2 Å². The summed E-state index contributed by atoms with van der Waals surface area (Å²) in [5.41, 5.74) is 1.30. The normalized spacial score (nSPS) is 17.9. The smallest absolute Gasteiger partial charge is 0.363 e. The highest BCUT2D eigenvalue weighted by atomic mass is 19.1. The third-order valence-corrected chi connectivity index (χ3v) is 3.77. The predicted octanol–water partition coefficient (Wildman–Crippen LogP) is 3.33. The van der Waals surface area contributed by atoms with E-state index >= 15 is 0 Å². The van der Waals surface area contributed by atoms with Crippen molar-refractivity contribution in [3.05, 3.63) is 65.1 Å². The third kappa shape index (κ3) is 3.24. The van der Waals surface area contributed by atoms with Crippen LogP contribution in [0.3, 0.4) is 0 Å². The lowest BCUT2D eigenvalue weighted by molar-refractivity contribution is -0.129. The average molecular weight is 339 g/mol. The Balaban J connectivity index is 1.65. The number of nitrogens with zero attached hydrogens (tertiary/aromatic N) is 1. The van der Waals surface area contributed by atoms with E-state index in [4.69, 9.17) is 14.2 Å². The molecule has 0 atom stereocenters. The fraction of sp³-hybridized carbons (Fsp3) is 0.158. The van der Waals surface area contributed by atoms with Crippen LogP contribution < -0.4 is 9.47 Å². The Morgan fingerprint density at radius 2 is 1.88 bits per heavy atom. The molecule has 2 aromatic rings. The van der Waals surface area contributed by atoms with Crippen molar-refractivity contribution in [1.82, 2.24) is 0 Å². The summed E-state index contributed by atoms with van der Waals surface area (Å²) < 4.78 is 29.7. The number of rotatable bonds is 2. The van der Waals surface area contributed by atoms with Gasteiger partial charge in [0.1, 0.15) is 5.82 Å². The van der Waals surface area contributed by atoms with Crippen molar-refractivity contribution in [3.8, 4) is 11.5 Å². The van der Waals surface area contributed by atoms with E-state index in [1.54, 1.807) is 24.3 Å². The monoisotopic (exact) mass is 339 g/mol. The molecular formula is C19H14FNO4. The number of fused-ring (bicyclic) bond motifs is 1. The maximum absolute atomic E-state index is 13.3. The summed E-state index contributed by atoms with van der Waals surface area (Å²) >= 11 is 0. The van der Waals surface area contributed by atoms with Gasteiger partial charge in [-0.05, 0) is 42.0 Å². The van der Waals surface area contributed by atoms with Crippen molar-refractivity contribution in [2.75, 3.05) is 13.2 Å². The van der Waals surface area contributed by atoms with Gasteiger partial charge >= 0.3 is 5.97 Å². The van der Waals surface area contributed by atoms with Crippen LogP contribution in [-0.2, 0) is 9.53 Å². The zero-order chi connectivity index (χ0) is 17.2.